The Hall–Kier alpha value is -1.00. The molecule has 1 aromatic carbocycles. The second-order valence-electron chi connectivity index (χ2n) is 2.70. The number of carboxylic acids is 1. The van der Waals surface area contributed by atoms with Gasteiger partial charge in [0, 0.05) is 0 Å². The maximum atomic E-state index is 11.3. The van der Waals surface area contributed by atoms with Crippen LogP contribution >= 0.6 is 0 Å². The minimum atomic E-state index is -1.42. The topological polar surface area (TPSA) is 60.4 Å². The van der Waals surface area contributed by atoms with E-state index < -0.39 is 17.1 Å². The Kier molecular flexibility index (Phi) is 3.33. The molecule has 1 atom stereocenters. The lowest BCUT2D eigenvalue weighted by Gasteiger charge is -2.07. The number of benzene rings is 1. The van der Waals surface area contributed by atoms with Gasteiger partial charge in [0.1, 0.15) is 0 Å². The molecule has 0 aliphatic heterocycles. The van der Waals surface area contributed by atoms with E-state index in [0.717, 1.165) is 5.56 Å². The van der Waals surface area contributed by atoms with Crippen LogP contribution in [-0.2, 0) is 16.0 Å². The Labute approximate surface area is 79.6 Å². The fraction of sp³-hybridized carbons (Fsp3) is 0.222. The van der Waals surface area contributed by atoms with Crippen molar-refractivity contribution >= 4 is 17.1 Å². The van der Waals surface area contributed by atoms with Gasteiger partial charge in [-0.25, -0.2) is 4.79 Å². The summed E-state index contributed by atoms with van der Waals surface area (Å²) in [5.41, 5.74) is 1.07. The summed E-state index contributed by atoms with van der Waals surface area (Å²) in [5, 5.41) is 8.41. The van der Waals surface area contributed by atoms with Gasteiger partial charge in [-0.15, -0.1) is 0 Å². The molecule has 0 aliphatic rings. The minimum absolute atomic E-state index is 0.330. The lowest BCUT2D eigenvalue weighted by molar-refractivity contribution is -0.134. The average molecular weight is 198 g/mol. The molecule has 1 N–H and O–H groups in total. The molecule has 1 unspecified atom stereocenters. The molecular formula is C9H10O3S. The van der Waals surface area contributed by atoms with E-state index in [0.29, 0.717) is 4.90 Å². The lowest BCUT2D eigenvalue weighted by atomic mass is 10.2. The number of aliphatic carboxylic acids is 1. The summed E-state index contributed by atoms with van der Waals surface area (Å²) in [4.78, 5) is 10.8. The van der Waals surface area contributed by atoms with Crippen LogP contribution in [0.2, 0.25) is 0 Å². The van der Waals surface area contributed by atoms with E-state index >= 15 is 0 Å². The summed E-state index contributed by atoms with van der Waals surface area (Å²) in [6.45, 7) is 1.92. The third-order valence-corrected chi connectivity index (χ3v) is 2.85. The molecule has 0 amide bonds. The molecule has 13 heavy (non-hydrogen) atoms. The van der Waals surface area contributed by atoms with Crippen molar-refractivity contribution in [2.45, 2.75) is 11.8 Å². The number of aryl methyl sites for hydroxylation is 1. The van der Waals surface area contributed by atoms with Crippen molar-refractivity contribution in [3.05, 3.63) is 29.8 Å². The van der Waals surface area contributed by atoms with Crippen LogP contribution in [0.4, 0.5) is 0 Å². The zero-order chi connectivity index (χ0) is 9.84. The van der Waals surface area contributed by atoms with Crippen molar-refractivity contribution < 1.29 is 14.5 Å². The van der Waals surface area contributed by atoms with Gasteiger partial charge in [0.15, 0.2) is 4.90 Å². The van der Waals surface area contributed by atoms with Crippen molar-refractivity contribution in [1.29, 1.82) is 0 Å². The SMILES string of the molecule is Cc1ccc([S+]([O-])CC(=O)O)cc1. The van der Waals surface area contributed by atoms with Crippen LogP contribution in [-0.4, -0.2) is 21.4 Å². The Morgan fingerprint density at radius 2 is 2.00 bits per heavy atom. The van der Waals surface area contributed by atoms with E-state index in [1.165, 1.54) is 0 Å². The summed E-state index contributed by atoms with van der Waals surface area (Å²) >= 11 is -1.42. The van der Waals surface area contributed by atoms with Crippen molar-refractivity contribution in [2.24, 2.45) is 0 Å². The molecule has 0 heterocycles. The quantitative estimate of drug-likeness (QED) is 0.742. The zero-order valence-corrected chi connectivity index (χ0v) is 8.00. The molecule has 0 fully saturated rings. The van der Waals surface area contributed by atoms with Crippen LogP contribution in [0.3, 0.4) is 0 Å². The van der Waals surface area contributed by atoms with Crippen molar-refractivity contribution in [3.63, 3.8) is 0 Å². The molecule has 70 valence electrons. The lowest BCUT2D eigenvalue weighted by Crippen LogP contribution is -2.15. The fourth-order valence-electron chi connectivity index (χ4n) is 0.886. The number of carboxylic acid groups (broad SMARTS) is 1. The smallest absolute Gasteiger partial charge is 0.354 e. The first-order valence-electron chi connectivity index (χ1n) is 3.76. The largest absolute Gasteiger partial charge is 0.611 e. The molecule has 4 heteroatoms. The number of hydrogen-bond acceptors (Lipinski definition) is 2. The maximum Gasteiger partial charge on any atom is 0.354 e. The highest BCUT2D eigenvalue weighted by Crippen LogP contribution is 2.11. The standard InChI is InChI=1S/C9H10O3S/c1-7-2-4-8(5-3-7)13(12)6-9(10)11/h2-5H,6H2,1H3,(H,10,11). The summed E-state index contributed by atoms with van der Waals surface area (Å²) in [6.07, 6.45) is 0. The van der Waals surface area contributed by atoms with Gasteiger partial charge >= 0.3 is 5.97 Å². The van der Waals surface area contributed by atoms with Gasteiger partial charge in [-0.1, -0.05) is 17.7 Å². The summed E-state index contributed by atoms with van der Waals surface area (Å²) in [6, 6.07) is 7.01. The predicted molar refractivity (Wildman–Crippen MR) is 50.1 cm³/mol. The van der Waals surface area contributed by atoms with Gasteiger partial charge < -0.3 is 9.66 Å². The molecular weight excluding hydrogens is 188 g/mol. The number of hydrogen-bond donors (Lipinski definition) is 1. The highest BCUT2D eigenvalue weighted by molar-refractivity contribution is 7.92. The first-order valence-corrected chi connectivity index (χ1v) is 5.08. The third kappa shape index (κ3) is 3.08. The first-order chi connectivity index (χ1) is 6.09. The summed E-state index contributed by atoms with van der Waals surface area (Å²) in [7, 11) is 0. The van der Waals surface area contributed by atoms with Gasteiger partial charge in [-0.2, -0.15) is 0 Å². The van der Waals surface area contributed by atoms with Crippen LogP contribution in [0.15, 0.2) is 29.2 Å². The molecule has 0 aromatic heterocycles. The molecule has 0 saturated heterocycles. The number of carbonyl (C=O) groups is 1. The van der Waals surface area contributed by atoms with Gasteiger partial charge in [0.25, 0.3) is 0 Å². The summed E-state index contributed by atoms with van der Waals surface area (Å²) < 4.78 is 11.3. The average Bonchev–Trinajstić information content (AvgIpc) is 2.04. The van der Waals surface area contributed by atoms with E-state index in [2.05, 4.69) is 0 Å². The van der Waals surface area contributed by atoms with E-state index in [9.17, 15) is 9.35 Å². The second-order valence-corrected chi connectivity index (χ2v) is 4.15. The number of rotatable bonds is 3. The van der Waals surface area contributed by atoms with Gasteiger partial charge in [0.05, 0.1) is 0 Å². The highest BCUT2D eigenvalue weighted by atomic mass is 32.2. The van der Waals surface area contributed by atoms with E-state index in [4.69, 9.17) is 5.11 Å². The van der Waals surface area contributed by atoms with Gasteiger partial charge in [0.2, 0.25) is 5.75 Å². The van der Waals surface area contributed by atoms with E-state index in [-0.39, 0.29) is 5.75 Å². The zero-order valence-electron chi connectivity index (χ0n) is 7.19. The molecule has 1 aromatic rings. The molecule has 3 nitrogen and oxygen atoms in total. The van der Waals surface area contributed by atoms with Crippen molar-refractivity contribution in [1.82, 2.24) is 0 Å². The van der Waals surface area contributed by atoms with Crippen LogP contribution < -0.4 is 0 Å². The monoisotopic (exact) mass is 198 g/mol. The molecule has 0 radical (unpaired) electrons. The third-order valence-electron chi connectivity index (χ3n) is 1.54. The Bertz CT molecular complexity index is 294. The van der Waals surface area contributed by atoms with Crippen LogP contribution in [0.1, 0.15) is 5.56 Å². The molecule has 1 rings (SSSR count). The van der Waals surface area contributed by atoms with Crippen LogP contribution in [0.25, 0.3) is 0 Å². The first kappa shape index (κ1) is 10.1. The fourth-order valence-corrected chi connectivity index (χ4v) is 1.72. The van der Waals surface area contributed by atoms with Crippen LogP contribution in [0.5, 0.6) is 0 Å². The normalized spacial score (nSPS) is 12.5. The summed E-state index contributed by atoms with van der Waals surface area (Å²) in [5.74, 6) is -1.37. The van der Waals surface area contributed by atoms with Crippen molar-refractivity contribution in [3.8, 4) is 0 Å². The van der Waals surface area contributed by atoms with Gasteiger partial charge in [-0.3, -0.25) is 0 Å². The maximum absolute atomic E-state index is 11.3. The molecule has 0 spiro atoms. The van der Waals surface area contributed by atoms with Crippen LogP contribution in [0, 0.1) is 6.92 Å². The van der Waals surface area contributed by atoms with E-state index in [1.807, 2.05) is 19.1 Å². The second kappa shape index (κ2) is 4.30. The minimum Gasteiger partial charge on any atom is -0.611 e. The predicted octanol–water partition coefficient (Wildman–Crippen LogP) is 1.19. The Morgan fingerprint density at radius 1 is 1.46 bits per heavy atom. The Morgan fingerprint density at radius 3 is 2.46 bits per heavy atom. The van der Waals surface area contributed by atoms with Crippen molar-refractivity contribution in [2.75, 3.05) is 5.75 Å². The Balaban J connectivity index is 2.71. The molecule has 0 saturated carbocycles. The van der Waals surface area contributed by atoms with E-state index in [1.54, 1.807) is 12.1 Å². The molecule has 0 aliphatic carbocycles. The highest BCUT2D eigenvalue weighted by Gasteiger charge is 2.14. The molecule has 0 bridgehead atoms. The van der Waals surface area contributed by atoms with Gasteiger partial charge in [-0.05, 0) is 30.2 Å².